The van der Waals surface area contributed by atoms with Crippen LogP contribution in [0.25, 0.3) is 0 Å². The Morgan fingerprint density at radius 2 is 1.66 bits per heavy atom. The molecule has 4 heteroatoms. The quantitative estimate of drug-likeness (QED) is 0.658. The molecule has 0 unspecified atom stereocenters. The van der Waals surface area contributed by atoms with Crippen LogP contribution in [0.2, 0.25) is 0 Å². The maximum atomic E-state index is 13.2. The van der Waals surface area contributed by atoms with E-state index in [2.05, 4.69) is 12.1 Å². The summed E-state index contributed by atoms with van der Waals surface area (Å²) < 4.78 is 12.0. The lowest BCUT2D eigenvalue weighted by Crippen LogP contribution is -2.28. The van der Waals surface area contributed by atoms with Crippen molar-refractivity contribution in [3.8, 4) is 5.75 Å². The van der Waals surface area contributed by atoms with Gasteiger partial charge in [0.1, 0.15) is 12.4 Å². The van der Waals surface area contributed by atoms with Crippen LogP contribution in [0.15, 0.2) is 78.9 Å². The molecule has 0 bridgehead atoms. The molecule has 2 aliphatic rings. The van der Waals surface area contributed by atoms with Crippen molar-refractivity contribution in [1.82, 2.24) is 4.90 Å². The molecule has 5 rings (SSSR count). The van der Waals surface area contributed by atoms with Crippen molar-refractivity contribution in [3.05, 3.63) is 101 Å². The van der Waals surface area contributed by atoms with Crippen molar-refractivity contribution in [3.63, 3.8) is 0 Å². The number of likely N-dealkylation sites (tertiary alicyclic amines) is 1. The predicted molar refractivity (Wildman–Crippen MR) is 110 cm³/mol. The van der Waals surface area contributed by atoms with Gasteiger partial charge in [-0.1, -0.05) is 66.7 Å². The number of ether oxygens (including phenoxy) is 2. The predicted octanol–water partition coefficient (Wildman–Crippen LogP) is 4.29. The zero-order chi connectivity index (χ0) is 19.6. The van der Waals surface area contributed by atoms with Crippen LogP contribution in [0.1, 0.15) is 28.2 Å². The number of benzene rings is 3. The number of carbonyl (C=O) groups is 1. The minimum Gasteiger partial charge on any atom is -0.489 e. The number of carbonyl (C=O) groups excluding carboxylic acids is 1. The van der Waals surface area contributed by atoms with Crippen LogP contribution in [-0.4, -0.2) is 23.5 Å². The van der Waals surface area contributed by atoms with Gasteiger partial charge in [0.15, 0.2) is 0 Å². The Balaban J connectivity index is 1.35. The number of fused-ring (bicyclic) bond motifs is 3. The molecule has 0 N–H and O–H groups in total. The van der Waals surface area contributed by atoms with Crippen LogP contribution in [0.5, 0.6) is 5.75 Å². The molecule has 4 nitrogen and oxygen atoms in total. The third-order valence-corrected chi connectivity index (χ3v) is 5.72. The van der Waals surface area contributed by atoms with Gasteiger partial charge in [0.05, 0.1) is 18.6 Å². The van der Waals surface area contributed by atoms with Gasteiger partial charge in [0.25, 0.3) is 0 Å². The monoisotopic (exact) mass is 385 g/mol. The van der Waals surface area contributed by atoms with Gasteiger partial charge in [0, 0.05) is 13.1 Å². The lowest BCUT2D eigenvalue weighted by atomic mass is 9.89. The van der Waals surface area contributed by atoms with Gasteiger partial charge in [-0.15, -0.1) is 0 Å². The topological polar surface area (TPSA) is 38.8 Å². The summed E-state index contributed by atoms with van der Waals surface area (Å²) in [6, 6.07) is 26.2. The third kappa shape index (κ3) is 3.64. The van der Waals surface area contributed by atoms with Crippen molar-refractivity contribution in [2.24, 2.45) is 0 Å². The molecule has 1 amide bonds. The molecule has 29 heavy (non-hydrogen) atoms. The highest BCUT2D eigenvalue weighted by molar-refractivity contribution is 5.87. The van der Waals surface area contributed by atoms with E-state index < -0.39 is 0 Å². The van der Waals surface area contributed by atoms with Crippen LogP contribution >= 0.6 is 0 Å². The van der Waals surface area contributed by atoms with Gasteiger partial charge in [0.2, 0.25) is 5.91 Å². The van der Waals surface area contributed by atoms with Crippen LogP contribution in [0.4, 0.5) is 0 Å². The summed E-state index contributed by atoms with van der Waals surface area (Å²) >= 11 is 0. The summed E-state index contributed by atoms with van der Waals surface area (Å²) in [5.74, 6) is 0.685. The Hall–Kier alpha value is -3.11. The Bertz CT molecular complexity index is 1000. The lowest BCUT2D eigenvalue weighted by Gasteiger charge is -2.26. The second-order valence-corrected chi connectivity index (χ2v) is 7.67. The summed E-state index contributed by atoms with van der Waals surface area (Å²) in [7, 11) is 0. The summed E-state index contributed by atoms with van der Waals surface area (Å²) in [5, 5.41) is 0. The maximum absolute atomic E-state index is 13.2. The molecule has 0 spiro atoms. The van der Waals surface area contributed by atoms with E-state index in [1.165, 1.54) is 0 Å². The van der Waals surface area contributed by atoms with Gasteiger partial charge in [-0.05, 0) is 34.4 Å². The van der Waals surface area contributed by atoms with E-state index in [0.29, 0.717) is 26.3 Å². The first kappa shape index (κ1) is 18.0. The molecule has 2 heterocycles. The summed E-state index contributed by atoms with van der Waals surface area (Å²) in [4.78, 5) is 15.1. The summed E-state index contributed by atoms with van der Waals surface area (Å²) in [6.07, 6.45) is -0.0944. The minimum atomic E-state index is -0.247. The van der Waals surface area contributed by atoms with E-state index in [9.17, 15) is 4.79 Å². The first-order valence-corrected chi connectivity index (χ1v) is 10.0. The lowest BCUT2D eigenvalue weighted by molar-refractivity contribution is -0.130. The molecule has 0 radical (unpaired) electrons. The molecule has 3 aromatic rings. The Morgan fingerprint density at radius 3 is 2.41 bits per heavy atom. The number of amides is 1. The van der Waals surface area contributed by atoms with Gasteiger partial charge in [-0.25, -0.2) is 0 Å². The van der Waals surface area contributed by atoms with E-state index in [0.717, 1.165) is 28.0 Å². The van der Waals surface area contributed by atoms with Crippen LogP contribution in [0, 0.1) is 0 Å². The van der Waals surface area contributed by atoms with Crippen molar-refractivity contribution in [2.45, 2.75) is 31.8 Å². The maximum Gasteiger partial charge on any atom is 0.233 e. The van der Waals surface area contributed by atoms with E-state index in [-0.39, 0.29) is 17.9 Å². The Labute approximate surface area is 170 Å². The molecular weight excluding hydrogens is 362 g/mol. The minimum absolute atomic E-state index is 0.0944. The molecule has 1 fully saturated rings. The van der Waals surface area contributed by atoms with Crippen molar-refractivity contribution in [2.75, 3.05) is 6.54 Å². The molecular formula is C25H23NO3. The normalized spacial score (nSPS) is 20.3. The second-order valence-electron chi connectivity index (χ2n) is 7.67. The van der Waals surface area contributed by atoms with Crippen LogP contribution < -0.4 is 4.74 Å². The van der Waals surface area contributed by atoms with Gasteiger partial charge in [-0.3, -0.25) is 4.79 Å². The summed E-state index contributed by atoms with van der Waals surface area (Å²) in [6.45, 7) is 2.31. The van der Waals surface area contributed by atoms with E-state index >= 15 is 0 Å². The first-order chi connectivity index (χ1) is 14.3. The van der Waals surface area contributed by atoms with Crippen molar-refractivity contribution < 1.29 is 14.3 Å². The van der Waals surface area contributed by atoms with Crippen LogP contribution in [0.3, 0.4) is 0 Å². The largest absolute Gasteiger partial charge is 0.489 e. The fourth-order valence-electron chi connectivity index (χ4n) is 4.22. The molecule has 0 aromatic heterocycles. The zero-order valence-electron chi connectivity index (χ0n) is 16.2. The third-order valence-electron chi connectivity index (χ3n) is 5.72. The SMILES string of the molecule is O=C1[C@@H]2c3cc(OCc4ccccc4)ccc3CO[C@@H]2CN1Cc1ccccc1. The molecule has 146 valence electrons. The Kier molecular flexibility index (Phi) is 4.78. The fraction of sp³-hybridized carbons (Fsp3) is 0.240. The standard InChI is InChI=1S/C25H23NO3/c27-25-24-22-13-21(28-16-19-9-5-2-6-10-19)12-11-20(22)17-29-23(24)15-26(25)14-18-7-3-1-4-8-18/h1-13,23-24H,14-17H2/t23-,24-/m1/s1. The average molecular weight is 385 g/mol. The fourth-order valence-corrected chi connectivity index (χ4v) is 4.22. The molecule has 1 saturated heterocycles. The first-order valence-electron chi connectivity index (χ1n) is 10.0. The van der Waals surface area contributed by atoms with Gasteiger partial charge in [-0.2, -0.15) is 0 Å². The molecule has 2 atom stereocenters. The number of rotatable bonds is 5. The highest BCUT2D eigenvalue weighted by atomic mass is 16.5. The zero-order valence-corrected chi connectivity index (χ0v) is 16.2. The van der Waals surface area contributed by atoms with Crippen molar-refractivity contribution in [1.29, 1.82) is 0 Å². The highest BCUT2D eigenvalue weighted by Crippen LogP contribution is 2.39. The second kappa shape index (κ2) is 7.72. The molecule has 0 aliphatic carbocycles. The van der Waals surface area contributed by atoms with Gasteiger partial charge < -0.3 is 14.4 Å². The van der Waals surface area contributed by atoms with Gasteiger partial charge >= 0.3 is 0 Å². The molecule has 3 aromatic carbocycles. The highest BCUT2D eigenvalue weighted by Gasteiger charge is 2.45. The molecule has 2 aliphatic heterocycles. The number of hydrogen-bond donors (Lipinski definition) is 0. The molecule has 0 saturated carbocycles. The number of hydrogen-bond acceptors (Lipinski definition) is 3. The van der Waals surface area contributed by atoms with E-state index in [1.54, 1.807) is 0 Å². The smallest absolute Gasteiger partial charge is 0.233 e. The van der Waals surface area contributed by atoms with Crippen molar-refractivity contribution >= 4 is 5.91 Å². The Morgan fingerprint density at radius 1 is 0.931 bits per heavy atom. The number of nitrogens with zero attached hydrogens (tertiary/aromatic N) is 1. The summed E-state index contributed by atoms with van der Waals surface area (Å²) in [5.41, 5.74) is 4.39. The average Bonchev–Trinajstić information content (AvgIpc) is 3.09. The van der Waals surface area contributed by atoms with Crippen LogP contribution in [-0.2, 0) is 29.3 Å². The van der Waals surface area contributed by atoms with E-state index in [1.807, 2.05) is 71.6 Å². The van der Waals surface area contributed by atoms with E-state index in [4.69, 9.17) is 9.47 Å².